The van der Waals surface area contributed by atoms with Crippen molar-refractivity contribution in [3.05, 3.63) is 0 Å². The molecule has 3 rings (SSSR count). The topological polar surface area (TPSA) is 0 Å². The molecule has 0 amide bonds. The summed E-state index contributed by atoms with van der Waals surface area (Å²) in [5, 5.41) is 0. The van der Waals surface area contributed by atoms with Gasteiger partial charge in [0, 0.05) is 0 Å². The van der Waals surface area contributed by atoms with E-state index in [1.807, 2.05) is 0 Å². The maximum Gasteiger partial charge on any atom is 0.111 e. The molecule has 13 heavy (non-hydrogen) atoms. The van der Waals surface area contributed by atoms with E-state index in [1.165, 1.54) is 6.42 Å². The summed E-state index contributed by atoms with van der Waals surface area (Å²) in [7, 11) is 0. The molecule has 0 aromatic carbocycles. The van der Waals surface area contributed by atoms with Crippen molar-refractivity contribution in [3.8, 4) is 0 Å². The van der Waals surface area contributed by atoms with Gasteiger partial charge in [0.2, 0.25) is 0 Å². The van der Waals surface area contributed by atoms with E-state index in [1.54, 1.807) is 0 Å². The van der Waals surface area contributed by atoms with Crippen molar-refractivity contribution in [2.24, 2.45) is 11.3 Å². The molecule has 0 nitrogen and oxygen atoms in total. The molecule has 0 heterocycles. The average molecular weight is 184 g/mol. The summed E-state index contributed by atoms with van der Waals surface area (Å²) in [6.07, 6.45) is 7.33. The molecule has 0 radical (unpaired) electrons. The molecule has 76 valence electrons. The summed E-state index contributed by atoms with van der Waals surface area (Å²) in [5.74, 6) is 0.783. The Balaban J connectivity index is 2.03. The summed E-state index contributed by atoms with van der Waals surface area (Å²) < 4.78 is 13.8. The number of alkyl halides is 1. The van der Waals surface area contributed by atoms with Gasteiger partial charge in [-0.1, -0.05) is 13.8 Å². The zero-order valence-electron chi connectivity index (χ0n) is 8.91. The van der Waals surface area contributed by atoms with E-state index in [-0.39, 0.29) is 0 Å². The standard InChI is InChI=1S/C12H21F/c1-10(2)9-11-3-6-12(13,7-4-11)8-5-11/h10H,3-9H2,1-2H3. The molecule has 2 bridgehead atoms. The lowest BCUT2D eigenvalue weighted by atomic mass is 9.57. The van der Waals surface area contributed by atoms with Gasteiger partial charge in [-0.25, -0.2) is 4.39 Å². The first-order valence-electron chi connectivity index (χ1n) is 5.73. The van der Waals surface area contributed by atoms with E-state index < -0.39 is 5.67 Å². The van der Waals surface area contributed by atoms with Crippen LogP contribution in [0, 0.1) is 11.3 Å². The Hall–Kier alpha value is -0.0700. The molecule has 0 atom stereocenters. The van der Waals surface area contributed by atoms with Crippen LogP contribution in [0.1, 0.15) is 58.8 Å². The van der Waals surface area contributed by atoms with Crippen molar-refractivity contribution in [3.63, 3.8) is 0 Å². The number of fused-ring (bicyclic) bond motifs is 3. The first-order valence-corrected chi connectivity index (χ1v) is 5.73. The molecule has 0 N–H and O–H groups in total. The van der Waals surface area contributed by atoms with Gasteiger partial charge in [0.15, 0.2) is 0 Å². The Bertz CT molecular complexity index is 171. The highest BCUT2D eigenvalue weighted by Gasteiger charge is 2.48. The third-order valence-corrected chi connectivity index (χ3v) is 4.15. The Kier molecular flexibility index (Phi) is 2.16. The largest absolute Gasteiger partial charge is 0.244 e. The first-order chi connectivity index (χ1) is 6.04. The van der Waals surface area contributed by atoms with Crippen molar-refractivity contribution < 1.29 is 4.39 Å². The van der Waals surface area contributed by atoms with E-state index in [0.29, 0.717) is 5.41 Å². The molecule has 0 unspecified atom stereocenters. The summed E-state index contributed by atoms with van der Waals surface area (Å²) in [6.45, 7) is 4.58. The average Bonchev–Trinajstić information content (AvgIpc) is 2.07. The lowest BCUT2D eigenvalue weighted by Gasteiger charge is -2.50. The minimum absolute atomic E-state index is 0.544. The van der Waals surface area contributed by atoms with Crippen LogP contribution < -0.4 is 0 Å². The Labute approximate surface area is 80.9 Å². The molecule has 0 aliphatic heterocycles. The normalized spacial score (nSPS) is 44.3. The van der Waals surface area contributed by atoms with Gasteiger partial charge in [-0.3, -0.25) is 0 Å². The van der Waals surface area contributed by atoms with Gasteiger partial charge in [-0.2, -0.15) is 0 Å². The number of hydrogen-bond donors (Lipinski definition) is 0. The van der Waals surface area contributed by atoms with Crippen LogP contribution in [0.3, 0.4) is 0 Å². The quantitative estimate of drug-likeness (QED) is 0.606. The molecule has 3 fully saturated rings. The SMILES string of the molecule is CC(C)CC12CCC(F)(CC1)CC2. The van der Waals surface area contributed by atoms with Gasteiger partial charge in [-0.15, -0.1) is 0 Å². The van der Waals surface area contributed by atoms with E-state index in [9.17, 15) is 4.39 Å². The van der Waals surface area contributed by atoms with E-state index in [0.717, 1.165) is 44.4 Å². The van der Waals surface area contributed by atoms with Crippen LogP contribution in [0.4, 0.5) is 4.39 Å². The molecule has 0 aromatic heterocycles. The molecule has 3 saturated carbocycles. The maximum atomic E-state index is 13.8. The number of hydrogen-bond acceptors (Lipinski definition) is 0. The lowest BCUT2D eigenvalue weighted by Crippen LogP contribution is -2.43. The third-order valence-electron chi connectivity index (χ3n) is 4.15. The Morgan fingerprint density at radius 3 is 1.85 bits per heavy atom. The summed E-state index contributed by atoms with van der Waals surface area (Å²) in [6, 6.07) is 0. The van der Waals surface area contributed by atoms with Gasteiger partial charge < -0.3 is 0 Å². The predicted octanol–water partition coefficient (Wildman–Crippen LogP) is 4.10. The highest BCUT2D eigenvalue weighted by molar-refractivity contribution is 5.00. The summed E-state index contributed by atoms with van der Waals surface area (Å²) >= 11 is 0. The van der Waals surface area contributed by atoms with E-state index >= 15 is 0 Å². The van der Waals surface area contributed by atoms with Crippen molar-refractivity contribution in [1.82, 2.24) is 0 Å². The van der Waals surface area contributed by atoms with Crippen molar-refractivity contribution in [2.45, 2.75) is 64.5 Å². The number of halogens is 1. The van der Waals surface area contributed by atoms with Gasteiger partial charge in [0.25, 0.3) is 0 Å². The van der Waals surface area contributed by atoms with Crippen LogP contribution in [-0.2, 0) is 0 Å². The summed E-state index contributed by atoms with van der Waals surface area (Å²) in [5.41, 5.74) is -0.208. The second kappa shape index (κ2) is 2.96. The van der Waals surface area contributed by atoms with Gasteiger partial charge in [0.1, 0.15) is 5.67 Å². The molecular formula is C12H21F. The number of rotatable bonds is 2. The Morgan fingerprint density at radius 1 is 1.00 bits per heavy atom. The fourth-order valence-electron chi connectivity index (χ4n) is 3.39. The van der Waals surface area contributed by atoms with Crippen molar-refractivity contribution in [2.75, 3.05) is 0 Å². The fraction of sp³-hybridized carbons (Fsp3) is 1.00. The van der Waals surface area contributed by atoms with Gasteiger partial charge >= 0.3 is 0 Å². The van der Waals surface area contributed by atoms with Crippen LogP contribution in [-0.4, -0.2) is 5.67 Å². The van der Waals surface area contributed by atoms with Crippen molar-refractivity contribution >= 4 is 0 Å². The first kappa shape index (κ1) is 9.48. The molecule has 0 aromatic rings. The van der Waals surface area contributed by atoms with Crippen LogP contribution in [0.15, 0.2) is 0 Å². The molecule has 0 spiro atoms. The van der Waals surface area contributed by atoms with Crippen LogP contribution >= 0.6 is 0 Å². The molecule has 3 aliphatic rings. The van der Waals surface area contributed by atoms with Crippen LogP contribution in [0.25, 0.3) is 0 Å². The van der Waals surface area contributed by atoms with Crippen LogP contribution in [0.5, 0.6) is 0 Å². The molecular weight excluding hydrogens is 163 g/mol. The lowest BCUT2D eigenvalue weighted by molar-refractivity contribution is -0.0439. The smallest absolute Gasteiger partial charge is 0.111 e. The van der Waals surface area contributed by atoms with Crippen molar-refractivity contribution in [1.29, 1.82) is 0 Å². The highest BCUT2D eigenvalue weighted by atomic mass is 19.1. The Morgan fingerprint density at radius 2 is 1.46 bits per heavy atom. The minimum Gasteiger partial charge on any atom is -0.244 e. The minimum atomic E-state index is -0.751. The van der Waals surface area contributed by atoms with Crippen LogP contribution in [0.2, 0.25) is 0 Å². The van der Waals surface area contributed by atoms with E-state index in [2.05, 4.69) is 13.8 Å². The predicted molar refractivity (Wildman–Crippen MR) is 53.4 cm³/mol. The monoisotopic (exact) mass is 184 g/mol. The zero-order chi connectivity index (χ0) is 9.53. The summed E-state index contributed by atoms with van der Waals surface area (Å²) in [4.78, 5) is 0. The second-order valence-electron chi connectivity index (χ2n) is 5.75. The second-order valence-corrected chi connectivity index (χ2v) is 5.75. The van der Waals surface area contributed by atoms with Gasteiger partial charge in [-0.05, 0) is 56.3 Å². The highest BCUT2D eigenvalue weighted by Crippen LogP contribution is 2.56. The van der Waals surface area contributed by atoms with Gasteiger partial charge in [0.05, 0.1) is 0 Å². The fourth-order valence-corrected chi connectivity index (χ4v) is 3.39. The molecule has 3 aliphatic carbocycles. The maximum absolute atomic E-state index is 13.8. The third kappa shape index (κ3) is 1.75. The molecule has 0 saturated heterocycles. The molecule has 1 heteroatoms. The van der Waals surface area contributed by atoms with E-state index in [4.69, 9.17) is 0 Å². The zero-order valence-corrected chi connectivity index (χ0v) is 8.91.